The van der Waals surface area contributed by atoms with Crippen molar-refractivity contribution >= 4 is 45.0 Å². The molecule has 0 aliphatic carbocycles. The number of fused-ring (bicyclic) bond motifs is 1. The van der Waals surface area contributed by atoms with Crippen LogP contribution in [-0.4, -0.2) is 25.9 Å². The Kier molecular flexibility index (Phi) is 6.57. The fourth-order valence-corrected chi connectivity index (χ4v) is 5.27. The van der Waals surface area contributed by atoms with E-state index in [-0.39, 0.29) is 11.5 Å². The van der Waals surface area contributed by atoms with E-state index in [0.29, 0.717) is 39.9 Å². The van der Waals surface area contributed by atoms with Crippen molar-refractivity contribution in [3.8, 4) is 10.4 Å². The van der Waals surface area contributed by atoms with Crippen molar-refractivity contribution in [1.29, 1.82) is 0 Å². The van der Waals surface area contributed by atoms with E-state index < -0.39 is 5.25 Å². The largest absolute Gasteiger partial charge is 0.360 e. The predicted molar refractivity (Wildman–Crippen MR) is 129 cm³/mol. The summed E-state index contributed by atoms with van der Waals surface area (Å²) in [5.41, 5.74) is 1.53. The number of nitrogens with one attached hydrogen (secondary N) is 1. The number of carbonyl (C=O) groups excluding carboxylic acids is 1. The van der Waals surface area contributed by atoms with Gasteiger partial charge in [0.2, 0.25) is 5.91 Å². The van der Waals surface area contributed by atoms with Crippen LogP contribution in [0.1, 0.15) is 19.1 Å². The molecule has 3 heterocycles. The van der Waals surface area contributed by atoms with Crippen LogP contribution >= 0.6 is 23.1 Å². The number of hydrogen-bond acceptors (Lipinski definition) is 7. The highest BCUT2D eigenvalue weighted by molar-refractivity contribution is 8.00. The lowest BCUT2D eigenvalue weighted by atomic mass is 10.2. The van der Waals surface area contributed by atoms with Crippen molar-refractivity contribution in [2.75, 3.05) is 5.32 Å². The van der Waals surface area contributed by atoms with Crippen LogP contribution in [0.25, 0.3) is 20.7 Å². The highest BCUT2D eigenvalue weighted by Gasteiger charge is 2.23. The van der Waals surface area contributed by atoms with Crippen LogP contribution in [0.5, 0.6) is 0 Å². The average Bonchev–Trinajstić information content (AvgIpc) is 3.41. The van der Waals surface area contributed by atoms with Crippen molar-refractivity contribution in [3.05, 3.63) is 71.2 Å². The first-order chi connectivity index (χ1) is 15.5. The fraction of sp³-hybridized carbons (Fsp3) is 0.217. The van der Waals surface area contributed by atoms with Crippen molar-refractivity contribution < 1.29 is 9.32 Å². The maximum atomic E-state index is 13.3. The van der Waals surface area contributed by atoms with E-state index in [1.807, 2.05) is 43.3 Å². The maximum Gasteiger partial charge on any atom is 0.272 e. The van der Waals surface area contributed by atoms with E-state index in [4.69, 9.17) is 9.51 Å². The normalized spacial score (nSPS) is 12.1. The SMILES string of the molecule is C=CCn1c(SC(CC)C(=O)Nc2cc(C)on2)nc2cc(-c3ccccc3)sc2c1=O. The van der Waals surface area contributed by atoms with Gasteiger partial charge >= 0.3 is 0 Å². The Morgan fingerprint density at radius 1 is 1.34 bits per heavy atom. The first-order valence-corrected chi connectivity index (χ1v) is 11.8. The van der Waals surface area contributed by atoms with Crippen molar-refractivity contribution in [2.24, 2.45) is 0 Å². The molecule has 0 saturated carbocycles. The van der Waals surface area contributed by atoms with Gasteiger partial charge in [0.15, 0.2) is 11.0 Å². The molecular formula is C23H22N4O3S2. The second-order valence-corrected chi connectivity index (χ2v) is 9.34. The lowest BCUT2D eigenvalue weighted by Crippen LogP contribution is -2.27. The van der Waals surface area contributed by atoms with Gasteiger partial charge < -0.3 is 9.84 Å². The number of hydrogen-bond donors (Lipinski definition) is 1. The van der Waals surface area contributed by atoms with Gasteiger partial charge in [-0.1, -0.05) is 60.3 Å². The molecule has 0 aliphatic heterocycles. The monoisotopic (exact) mass is 466 g/mol. The minimum atomic E-state index is -0.459. The van der Waals surface area contributed by atoms with E-state index in [9.17, 15) is 9.59 Å². The molecule has 4 aromatic rings. The third kappa shape index (κ3) is 4.53. The average molecular weight is 467 g/mol. The van der Waals surface area contributed by atoms with Crippen LogP contribution in [0, 0.1) is 6.92 Å². The number of amides is 1. The molecule has 0 radical (unpaired) electrons. The molecule has 3 aromatic heterocycles. The number of aromatic nitrogens is 3. The Morgan fingerprint density at radius 2 is 2.12 bits per heavy atom. The molecule has 7 nitrogen and oxygen atoms in total. The van der Waals surface area contributed by atoms with Crippen LogP contribution in [0.2, 0.25) is 0 Å². The highest BCUT2D eigenvalue weighted by Crippen LogP contribution is 2.33. The molecule has 0 fully saturated rings. The molecular weight excluding hydrogens is 444 g/mol. The minimum absolute atomic E-state index is 0.132. The summed E-state index contributed by atoms with van der Waals surface area (Å²) >= 11 is 2.69. The molecule has 1 unspecified atom stereocenters. The Morgan fingerprint density at radius 3 is 2.78 bits per heavy atom. The topological polar surface area (TPSA) is 90.0 Å². The van der Waals surface area contributed by atoms with Crippen molar-refractivity contribution in [3.63, 3.8) is 0 Å². The first kappa shape index (κ1) is 22.0. The summed E-state index contributed by atoms with van der Waals surface area (Å²) in [4.78, 5) is 31.8. The molecule has 164 valence electrons. The summed E-state index contributed by atoms with van der Waals surface area (Å²) in [5, 5.41) is 6.60. The zero-order valence-electron chi connectivity index (χ0n) is 17.7. The van der Waals surface area contributed by atoms with Crippen molar-refractivity contribution in [1.82, 2.24) is 14.7 Å². The van der Waals surface area contributed by atoms with Gasteiger partial charge in [-0.3, -0.25) is 14.2 Å². The molecule has 1 N–H and O–H groups in total. The second kappa shape index (κ2) is 9.54. The van der Waals surface area contributed by atoms with E-state index >= 15 is 0 Å². The quantitative estimate of drug-likeness (QED) is 0.220. The van der Waals surface area contributed by atoms with Crippen molar-refractivity contribution in [2.45, 2.75) is 37.2 Å². The Bertz CT molecular complexity index is 1320. The molecule has 0 saturated heterocycles. The van der Waals surface area contributed by atoms with Gasteiger partial charge in [0.1, 0.15) is 10.5 Å². The zero-order valence-corrected chi connectivity index (χ0v) is 19.3. The second-order valence-electron chi connectivity index (χ2n) is 7.12. The molecule has 0 spiro atoms. The summed E-state index contributed by atoms with van der Waals surface area (Å²) in [5.74, 6) is 0.754. The molecule has 1 amide bonds. The number of thioether (sulfide) groups is 1. The lowest BCUT2D eigenvalue weighted by Gasteiger charge is -2.16. The highest BCUT2D eigenvalue weighted by atomic mass is 32.2. The van der Waals surface area contributed by atoms with Crippen LogP contribution in [0.4, 0.5) is 5.82 Å². The lowest BCUT2D eigenvalue weighted by molar-refractivity contribution is -0.115. The smallest absolute Gasteiger partial charge is 0.272 e. The van der Waals surface area contributed by atoms with Gasteiger partial charge in [-0.2, -0.15) is 0 Å². The number of carbonyl (C=O) groups is 1. The zero-order chi connectivity index (χ0) is 22.7. The number of rotatable bonds is 8. The summed E-state index contributed by atoms with van der Waals surface area (Å²) < 4.78 is 7.17. The summed E-state index contributed by atoms with van der Waals surface area (Å²) in [6.45, 7) is 7.75. The van der Waals surface area contributed by atoms with Gasteiger partial charge in [-0.15, -0.1) is 17.9 Å². The van der Waals surface area contributed by atoms with Gasteiger partial charge in [-0.25, -0.2) is 4.98 Å². The number of benzene rings is 1. The number of allylic oxidation sites excluding steroid dienone is 1. The molecule has 9 heteroatoms. The first-order valence-electron chi connectivity index (χ1n) is 10.1. The number of aryl methyl sites for hydroxylation is 1. The van der Waals surface area contributed by atoms with Gasteiger partial charge in [-0.05, 0) is 25.0 Å². The Hall–Kier alpha value is -3.17. The number of thiophene rings is 1. The Balaban J connectivity index is 1.69. The van der Waals surface area contributed by atoms with Crippen LogP contribution in [0.15, 0.2) is 69.6 Å². The summed E-state index contributed by atoms with van der Waals surface area (Å²) in [6.07, 6.45) is 2.21. The number of anilines is 1. The molecule has 0 bridgehead atoms. The van der Waals surface area contributed by atoms with E-state index in [2.05, 4.69) is 17.1 Å². The van der Waals surface area contributed by atoms with E-state index in [1.54, 1.807) is 23.6 Å². The number of nitrogens with zero attached hydrogens (tertiary/aromatic N) is 3. The van der Waals surface area contributed by atoms with Gasteiger partial charge in [0.25, 0.3) is 5.56 Å². The van der Waals surface area contributed by atoms with E-state index in [1.165, 1.54) is 23.1 Å². The summed E-state index contributed by atoms with van der Waals surface area (Å²) in [6, 6.07) is 13.5. The minimum Gasteiger partial charge on any atom is -0.360 e. The van der Waals surface area contributed by atoms with Crippen LogP contribution < -0.4 is 10.9 Å². The maximum absolute atomic E-state index is 13.3. The standard InChI is InChI=1S/C23H22N4O3S2/c1-4-11-27-22(29)20-16(13-18(31-20)15-9-7-6-8-10-15)24-23(27)32-17(5-2)21(28)25-19-12-14(3)30-26-19/h4,6-10,12-13,17H,1,5,11H2,2-3H3,(H,25,26,28). The van der Waals surface area contributed by atoms with E-state index in [0.717, 1.165) is 10.4 Å². The molecule has 32 heavy (non-hydrogen) atoms. The Labute approximate surface area is 193 Å². The molecule has 1 aromatic carbocycles. The molecule has 0 aliphatic rings. The van der Waals surface area contributed by atoms with Crippen LogP contribution in [0.3, 0.4) is 0 Å². The third-order valence-corrected chi connectivity index (χ3v) is 7.27. The third-order valence-electron chi connectivity index (χ3n) is 4.76. The molecule has 1 atom stereocenters. The van der Waals surface area contributed by atoms with Gasteiger partial charge in [0.05, 0.1) is 10.8 Å². The fourth-order valence-electron chi connectivity index (χ4n) is 3.20. The predicted octanol–water partition coefficient (Wildman–Crippen LogP) is 5.12. The van der Waals surface area contributed by atoms with Gasteiger partial charge in [0, 0.05) is 17.5 Å². The summed E-state index contributed by atoms with van der Waals surface area (Å²) in [7, 11) is 0. The molecule has 4 rings (SSSR count). The van der Waals surface area contributed by atoms with Crippen LogP contribution in [-0.2, 0) is 11.3 Å².